The molecular weight excluding hydrogens is 397 g/mol. The van der Waals surface area contributed by atoms with Gasteiger partial charge in [-0.2, -0.15) is 0 Å². The van der Waals surface area contributed by atoms with Gasteiger partial charge in [-0.3, -0.25) is 14.4 Å². The molecule has 2 aromatic rings. The Hall–Kier alpha value is -3.22. The number of nitrogens with zero attached hydrogens (tertiary/aromatic N) is 2. The lowest BCUT2D eigenvalue weighted by molar-refractivity contribution is -0.134. The Morgan fingerprint density at radius 2 is 1.55 bits per heavy atom. The zero-order valence-corrected chi connectivity index (χ0v) is 18.1. The monoisotopic (exact) mass is 425 g/mol. The van der Waals surface area contributed by atoms with Crippen LogP contribution in [-0.2, 0) is 4.79 Å². The van der Waals surface area contributed by atoms with Crippen molar-refractivity contribution < 1.29 is 18.8 Å². The molecule has 1 saturated heterocycles. The van der Waals surface area contributed by atoms with Crippen LogP contribution < -0.4 is 10.2 Å². The van der Waals surface area contributed by atoms with Crippen molar-refractivity contribution in [2.45, 2.75) is 26.8 Å². The molecule has 2 amide bonds. The van der Waals surface area contributed by atoms with Gasteiger partial charge >= 0.3 is 0 Å². The van der Waals surface area contributed by atoms with E-state index in [0.717, 1.165) is 5.69 Å². The lowest BCUT2D eigenvalue weighted by Gasteiger charge is -2.38. The van der Waals surface area contributed by atoms with Gasteiger partial charge in [0.1, 0.15) is 11.9 Å². The number of piperazine rings is 1. The maximum Gasteiger partial charge on any atom is 0.254 e. The number of Topliss-reactive ketones (excluding diaryl/α,β-unsaturated/α-hetero) is 1. The minimum absolute atomic E-state index is 0.0270. The second kappa shape index (κ2) is 9.73. The van der Waals surface area contributed by atoms with Gasteiger partial charge in [0.2, 0.25) is 5.91 Å². The Morgan fingerprint density at radius 1 is 0.935 bits per heavy atom. The predicted octanol–water partition coefficient (Wildman–Crippen LogP) is 3.13. The number of halogens is 1. The standard InChI is InChI=1S/C24H28FN3O3/c1-16(2)22(26-23(30)20-6-4-5-7-21(20)25)24(31)28-14-12-27(13-15-28)19-10-8-18(9-11-19)17(3)29/h4-11,16,22H,12-15H2,1-3H3,(H,26,30). The molecule has 1 heterocycles. The first kappa shape index (κ1) is 22.5. The number of rotatable bonds is 6. The molecule has 1 N–H and O–H groups in total. The van der Waals surface area contributed by atoms with E-state index >= 15 is 0 Å². The lowest BCUT2D eigenvalue weighted by Crippen LogP contribution is -2.56. The molecule has 1 unspecified atom stereocenters. The summed E-state index contributed by atoms with van der Waals surface area (Å²) < 4.78 is 13.9. The Kier molecular flexibility index (Phi) is 7.05. The molecule has 0 bridgehead atoms. The van der Waals surface area contributed by atoms with E-state index < -0.39 is 17.8 Å². The molecule has 2 aromatic carbocycles. The van der Waals surface area contributed by atoms with Gasteiger partial charge in [0.25, 0.3) is 5.91 Å². The second-order valence-corrected chi connectivity index (χ2v) is 8.09. The Bertz CT molecular complexity index is 951. The van der Waals surface area contributed by atoms with Crippen LogP contribution in [0.5, 0.6) is 0 Å². The molecule has 1 aliphatic rings. The number of carbonyl (C=O) groups excluding carboxylic acids is 3. The first-order chi connectivity index (χ1) is 14.8. The van der Waals surface area contributed by atoms with Crippen molar-refractivity contribution in [3.05, 3.63) is 65.5 Å². The van der Waals surface area contributed by atoms with Crippen molar-refractivity contribution >= 4 is 23.3 Å². The van der Waals surface area contributed by atoms with Crippen LogP contribution in [0.4, 0.5) is 10.1 Å². The summed E-state index contributed by atoms with van der Waals surface area (Å²) in [7, 11) is 0. The van der Waals surface area contributed by atoms with Gasteiger partial charge in [0, 0.05) is 37.4 Å². The first-order valence-corrected chi connectivity index (χ1v) is 10.5. The van der Waals surface area contributed by atoms with E-state index in [-0.39, 0.29) is 23.2 Å². The van der Waals surface area contributed by atoms with E-state index in [1.165, 1.54) is 25.1 Å². The van der Waals surface area contributed by atoms with Crippen LogP contribution in [0.1, 0.15) is 41.5 Å². The highest BCUT2D eigenvalue weighted by molar-refractivity contribution is 5.98. The Balaban J connectivity index is 1.62. The molecule has 0 aliphatic carbocycles. The molecule has 164 valence electrons. The highest BCUT2D eigenvalue weighted by Crippen LogP contribution is 2.19. The van der Waals surface area contributed by atoms with Gasteiger partial charge in [-0.05, 0) is 49.2 Å². The van der Waals surface area contributed by atoms with E-state index in [9.17, 15) is 18.8 Å². The molecule has 7 heteroatoms. The maximum atomic E-state index is 13.9. The van der Waals surface area contributed by atoms with E-state index in [4.69, 9.17) is 0 Å². The van der Waals surface area contributed by atoms with Gasteiger partial charge in [0.15, 0.2) is 5.78 Å². The number of benzene rings is 2. The van der Waals surface area contributed by atoms with Crippen molar-refractivity contribution in [2.24, 2.45) is 5.92 Å². The molecule has 31 heavy (non-hydrogen) atoms. The lowest BCUT2D eigenvalue weighted by atomic mass is 10.0. The quantitative estimate of drug-likeness (QED) is 0.722. The number of ketones is 1. The molecule has 3 rings (SSSR count). The topological polar surface area (TPSA) is 69.7 Å². The van der Waals surface area contributed by atoms with Gasteiger partial charge < -0.3 is 15.1 Å². The van der Waals surface area contributed by atoms with Crippen LogP contribution in [0.25, 0.3) is 0 Å². The van der Waals surface area contributed by atoms with Crippen molar-refractivity contribution in [3.63, 3.8) is 0 Å². The number of anilines is 1. The van der Waals surface area contributed by atoms with Gasteiger partial charge in [-0.1, -0.05) is 26.0 Å². The molecule has 1 fully saturated rings. The van der Waals surface area contributed by atoms with Crippen LogP contribution >= 0.6 is 0 Å². The zero-order valence-electron chi connectivity index (χ0n) is 18.1. The van der Waals surface area contributed by atoms with Crippen LogP contribution in [0.2, 0.25) is 0 Å². The summed E-state index contributed by atoms with van der Waals surface area (Å²) in [6.45, 7) is 7.59. The molecule has 0 spiro atoms. The summed E-state index contributed by atoms with van der Waals surface area (Å²) in [5.74, 6) is -1.47. The molecule has 0 saturated carbocycles. The molecular formula is C24H28FN3O3. The fourth-order valence-electron chi connectivity index (χ4n) is 3.67. The van der Waals surface area contributed by atoms with E-state index in [1.54, 1.807) is 11.0 Å². The van der Waals surface area contributed by atoms with Crippen LogP contribution in [0.3, 0.4) is 0 Å². The summed E-state index contributed by atoms with van der Waals surface area (Å²) in [5, 5.41) is 2.71. The normalized spacial score (nSPS) is 15.0. The van der Waals surface area contributed by atoms with Gasteiger partial charge in [-0.25, -0.2) is 4.39 Å². The summed E-state index contributed by atoms with van der Waals surface area (Å²) in [5.41, 5.74) is 1.60. The van der Waals surface area contributed by atoms with Gasteiger partial charge in [0.05, 0.1) is 5.56 Å². The summed E-state index contributed by atoms with van der Waals surface area (Å²) in [4.78, 5) is 41.0. The summed E-state index contributed by atoms with van der Waals surface area (Å²) in [6, 6.07) is 12.5. The minimum atomic E-state index is -0.728. The number of hydrogen-bond donors (Lipinski definition) is 1. The van der Waals surface area contributed by atoms with Crippen LogP contribution in [-0.4, -0.2) is 54.7 Å². The molecule has 1 aliphatic heterocycles. The molecule has 0 aromatic heterocycles. The van der Waals surface area contributed by atoms with Crippen molar-refractivity contribution in [1.29, 1.82) is 0 Å². The highest BCUT2D eigenvalue weighted by Gasteiger charge is 2.31. The third kappa shape index (κ3) is 5.29. The van der Waals surface area contributed by atoms with Crippen molar-refractivity contribution in [1.82, 2.24) is 10.2 Å². The Labute approximate surface area is 182 Å². The van der Waals surface area contributed by atoms with Crippen molar-refractivity contribution in [2.75, 3.05) is 31.1 Å². The number of nitrogens with one attached hydrogen (secondary N) is 1. The summed E-state index contributed by atoms with van der Waals surface area (Å²) >= 11 is 0. The van der Waals surface area contributed by atoms with Crippen LogP contribution in [0, 0.1) is 11.7 Å². The average molecular weight is 426 g/mol. The van der Waals surface area contributed by atoms with Crippen molar-refractivity contribution in [3.8, 4) is 0 Å². The van der Waals surface area contributed by atoms with E-state index in [0.29, 0.717) is 31.7 Å². The second-order valence-electron chi connectivity index (χ2n) is 8.09. The molecule has 6 nitrogen and oxygen atoms in total. The fourth-order valence-corrected chi connectivity index (χ4v) is 3.67. The minimum Gasteiger partial charge on any atom is -0.368 e. The largest absolute Gasteiger partial charge is 0.368 e. The first-order valence-electron chi connectivity index (χ1n) is 10.5. The number of amides is 2. The summed E-state index contributed by atoms with van der Waals surface area (Å²) in [6.07, 6.45) is 0. The van der Waals surface area contributed by atoms with E-state index in [1.807, 2.05) is 38.1 Å². The average Bonchev–Trinajstić information content (AvgIpc) is 2.77. The van der Waals surface area contributed by atoms with Crippen LogP contribution in [0.15, 0.2) is 48.5 Å². The number of carbonyl (C=O) groups is 3. The number of hydrogen-bond acceptors (Lipinski definition) is 4. The third-order valence-electron chi connectivity index (χ3n) is 5.57. The third-order valence-corrected chi connectivity index (χ3v) is 5.57. The molecule has 0 radical (unpaired) electrons. The van der Waals surface area contributed by atoms with E-state index in [2.05, 4.69) is 10.2 Å². The fraction of sp³-hybridized carbons (Fsp3) is 0.375. The SMILES string of the molecule is CC(=O)c1ccc(N2CCN(C(=O)C(NC(=O)c3ccccc3F)C(C)C)CC2)cc1. The maximum absolute atomic E-state index is 13.9. The molecule has 1 atom stereocenters. The highest BCUT2D eigenvalue weighted by atomic mass is 19.1. The Morgan fingerprint density at radius 3 is 2.10 bits per heavy atom. The smallest absolute Gasteiger partial charge is 0.254 e. The zero-order chi connectivity index (χ0) is 22.5. The van der Waals surface area contributed by atoms with Gasteiger partial charge in [-0.15, -0.1) is 0 Å². The predicted molar refractivity (Wildman–Crippen MR) is 118 cm³/mol.